The summed E-state index contributed by atoms with van der Waals surface area (Å²) in [5, 5.41) is 5.96. The van der Waals surface area contributed by atoms with Gasteiger partial charge in [-0.15, -0.1) is 6.42 Å². The first-order chi connectivity index (χ1) is 7.63. The van der Waals surface area contributed by atoms with Crippen LogP contribution in [0.25, 0.3) is 0 Å². The average molecular weight is 302 g/mol. The van der Waals surface area contributed by atoms with Gasteiger partial charge in [0.1, 0.15) is 0 Å². The zero-order valence-electron chi connectivity index (χ0n) is 8.39. The van der Waals surface area contributed by atoms with Crippen LogP contribution < -0.4 is 10.6 Å². The number of terminal acetylenes is 1. The van der Waals surface area contributed by atoms with Crippen LogP contribution in [-0.4, -0.2) is 19.0 Å². The Balaban J connectivity index is 2.56. The summed E-state index contributed by atoms with van der Waals surface area (Å²) in [4.78, 5) is 11.4. The van der Waals surface area contributed by atoms with E-state index in [2.05, 4.69) is 32.5 Å². The van der Waals surface area contributed by atoms with E-state index in [1.165, 1.54) is 0 Å². The molecule has 0 aromatic heterocycles. The van der Waals surface area contributed by atoms with E-state index in [0.29, 0.717) is 17.3 Å². The molecule has 1 aromatic rings. The number of hydrogen-bond donors (Lipinski definition) is 2. The van der Waals surface area contributed by atoms with Crippen molar-refractivity contribution < 1.29 is 4.79 Å². The molecule has 84 valence electrons. The first-order valence-electron chi connectivity index (χ1n) is 4.52. The largest absolute Gasteiger partial charge is 0.324 e. The molecule has 0 saturated heterocycles. The van der Waals surface area contributed by atoms with Crippen LogP contribution in [0.4, 0.5) is 5.69 Å². The minimum atomic E-state index is -0.185. The fourth-order valence-corrected chi connectivity index (χ4v) is 1.56. The van der Waals surface area contributed by atoms with Gasteiger partial charge in [-0.25, -0.2) is 0 Å². The van der Waals surface area contributed by atoms with E-state index >= 15 is 0 Å². The van der Waals surface area contributed by atoms with Gasteiger partial charge in [0.05, 0.1) is 23.8 Å². The normalized spacial score (nSPS) is 9.56. The Kier molecular flexibility index (Phi) is 5.33. The molecule has 0 aliphatic rings. The summed E-state index contributed by atoms with van der Waals surface area (Å²) in [5.74, 6) is 2.20. The molecule has 5 heteroatoms. The molecule has 1 rings (SSSR count). The maximum atomic E-state index is 11.4. The van der Waals surface area contributed by atoms with Crippen LogP contribution >= 0.6 is 27.5 Å². The van der Waals surface area contributed by atoms with Gasteiger partial charge in [-0.3, -0.25) is 10.1 Å². The van der Waals surface area contributed by atoms with E-state index < -0.39 is 0 Å². The number of halogens is 2. The summed E-state index contributed by atoms with van der Waals surface area (Å²) in [6.45, 7) is 0.521. The molecule has 0 bridgehead atoms. The van der Waals surface area contributed by atoms with E-state index in [4.69, 9.17) is 18.0 Å². The predicted molar refractivity (Wildman–Crippen MR) is 69.5 cm³/mol. The molecule has 0 heterocycles. The molecule has 0 aliphatic heterocycles. The van der Waals surface area contributed by atoms with Crippen molar-refractivity contribution in [2.75, 3.05) is 18.4 Å². The molecule has 16 heavy (non-hydrogen) atoms. The monoisotopic (exact) mass is 300 g/mol. The molecule has 0 spiro atoms. The topological polar surface area (TPSA) is 41.1 Å². The quantitative estimate of drug-likeness (QED) is 0.661. The van der Waals surface area contributed by atoms with Crippen LogP contribution in [0.3, 0.4) is 0 Å². The third-order valence-corrected chi connectivity index (χ3v) is 2.54. The average Bonchev–Trinajstić information content (AvgIpc) is 2.24. The maximum Gasteiger partial charge on any atom is 0.238 e. The van der Waals surface area contributed by atoms with Crippen LogP contribution in [0.15, 0.2) is 22.7 Å². The number of nitrogens with one attached hydrogen (secondary N) is 2. The van der Waals surface area contributed by atoms with Crippen LogP contribution in [0.5, 0.6) is 0 Å². The molecule has 1 aromatic carbocycles. The highest BCUT2D eigenvalue weighted by molar-refractivity contribution is 9.10. The van der Waals surface area contributed by atoms with Crippen molar-refractivity contribution in [2.45, 2.75) is 0 Å². The van der Waals surface area contributed by atoms with Crippen molar-refractivity contribution in [1.29, 1.82) is 0 Å². The van der Waals surface area contributed by atoms with Crippen LogP contribution in [0.1, 0.15) is 0 Å². The van der Waals surface area contributed by atoms with Gasteiger partial charge in [0, 0.05) is 4.47 Å². The molecule has 0 aliphatic carbocycles. The van der Waals surface area contributed by atoms with Gasteiger partial charge >= 0.3 is 0 Å². The molecular formula is C11H10BrClN2O. The second kappa shape index (κ2) is 6.54. The van der Waals surface area contributed by atoms with Crippen molar-refractivity contribution in [2.24, 2.45) is 0 Å². The molecule has 2 N–H and O–H groups in total. The number of amides is 1. The summed E-state index contributed by atoms with van der Waals surface area (Å²) < 4.78 is 0.851. The number of benzene rings is 1. The summed E-state index contributed by atoms with van der Waals surface area (Å²) in [6, 6.07) is 5.24. The van der Waals surface area contributed by atoms with Crippen molar-refractivity contribution in [3.05, 3.63) is 27.7 Å². The van der Waals surface area contributed by atoms with E-state index in [0.717, 1.165) is 4.47 Å². The van der Waals surface area contributed by atoms with Crippen molar-refractivity contribution in [1.82, 2.24) is 5.32 Å². The van der Waals surface area contributed by atoms with Gasteiger partial charge in [-0.2, -0.15) is 0 Å². The first-order valence-corrected chi connectivity index (χ1v) is 5.69. The fraction of sp³-hybridized carbons (Fsp3) is 0.182. The van der Waals surface area contributed by atoms with Gasteiger partial charge in [-0.05, 0) is 18.2 Å². The van der Waals surface area contributed by atoms with Gasteiger partial charge in [0.2, 0.25) is 5.91 Å². The summed E-state index contributed by atoms with van der Waals surface area (Å²) in [6.07, 6.45) is 5.04. The summed E-state index contributed by atoms with van der Waals surface area (Å²) in [5.41, 5.74) is 0.573. The molecule has 0 atom stereocenters. The third-order valence-electron chi connectivity index (χ3n) is 1.72. The molecule has 0 fully saturated rings. The smallest absolute Gasteiger partial charge is 0.238 e. The first kappa shape index (κ1) is 13.0. The second-order valence-corrected chi connectivity index (χ2v) is 4.30. The Labute approximate surface area is 108 Å². The summed E-state index contributed by atoms with van der Waals surface area (Å²) in [7, 11) is 0. The molecular weight excluding hydrogens is 291 g/mol. The SMILES string of the molecule is C#CCNCC(=O)Nc1cc(Br)ccc1Cl. The van der Waals surface area contributed by atoms with Gasteiger partial charge < -0.3 is 5.32 Å². The zero-order valence-corrected chi connectivity index (χ0v) is 10.7. The molecule has 0 saturated carbocycles. The number of rotatable bonds is 4. The lowest BCUT2D eigenvalue weighted by Gasteiger charge is -2.07. The maximum absolute atomic E-state index is 11.4. The Morgan fingerprint density at radius 1 is 1.56 bits per heavy atom. The third kappa shape index (κ3) is 4.23. The van der Waals surface area contributed by atoms with Crippen molar-refractivity contribution in [3.63, 3.8) is 0 Å². The highest BCUT2D eigenvalue weighted by Crippen LogP contribution is 2.25. The van der Waals surface area contributed by atoms with E-state index in [1.807, 2.05) is 0 Å². The predicted octanol–water partition coefficient (Wildman–Crippen LogP) is 2.26. The number of carbonyl (C=O) groups is 1. The van der Waals surface area contributed by atoms with Crippen LogP contribution in [-0.2, 0) is 4.79 Å². The second-order valence-electron chi connectivity index (χ2n) is 2.98. The molecule has 0 radical (unpaired) electrons. The minimum absolute atomic E-state index is 0.160. The lowest BCUT2D eigenvalue weighted by Crippen LogP contribution is -2.28. The van der Waals surface area contributed by atoms with E-state index in [1.54, 1.807) is 18.2 Å². The lowest BCUT2D eigenvalue weighted by atomic mass is 10.3. The molecule has 3 nitrogen and oxygen atoms in total. The molecule has 0 unspecified atom stereocenters. The van der Waals surface area contributed by atoms with Crippen molar-refractivity contribution >= 4 is 39.1 Å². The Morgan fingerprint density at radius 2 is 2.31 bits per heavy atom. The van der Waals surface area contributed by atoms with Gasteiger partial charge in [0.15, 0.2) is 0 Å². The van der Waals surface area contributed by atoms with E-state index in [9.17, 15) is 4.79 Å². The number of hydrogen-bond acceptors (Lipinski definition) is 2. The van der Waals surface area contributed by atoms with Crippen molar-refractivity contribution in [3.8, 4) is 12.3 Å². The van der Waals surface area contributed by atoms with Crippen LogP contribution in [0.2, 0.25) is 5.02 Å². The van der Waals surface area contributed by atoms with Gasteiger partial charge in [0.25, 0.3) is 0 Å². The summed E-state index contributed by atoms with van der Waals surface area (Å²) >= 11 is 9.21. The zero-order chi connectivity index (χ0) is 12.0. The number of carbonyl (C=O) groups excluding carboxylic acids is 1. The highest BCUT2D eigenvalue weighted by atomic mass is 79.9. The Hall–Kier alpha value is -1.02. The fourth-order valence-electron chi connectivity index (χ4n) is 1.04. The minimum Gasteiger partial charge on any atom is -0.324 e. The highest BCUT2D eigenvalue weighted by Gasteiger charge is 2.05. The van der Waals surface area contributed by atoms with E-state index in [-0.39, 0.29) is 12.5 Å². The molecule has 1 amide bonds. The van der Waals surface area contributed by atoms with Crippen LogP contribution in [0, 0.1) is 12.3 Å². The Morgan fingerprint density at radius 3 is 3.00 bits per heavy atom. The standard InChI is InChI=1S/C11H10BrClN2O/c1-2-5-14-7-11(16)15-10-6-8(12)3-4-9(10)13/h1,3-4,6,14H,5,7H2,(H,15,16). The van der Waals surface area contributed by atoms with Gasteiger partial charge in [-0.1, -0.05) is 33.5 Å². The lowest BCUT2D eigenvalue weighted by molar-refractivity contribution is -0.115. The number of anilines is 1. The Bertz CT molecular complexity index is 428.